The maximum Gasteiger partial charge on any atom is 0.279 e. The lowest BCUT2D eigenvalue weighted by atomic mass is 10.1. The average Bonchev–Trinajstić information content (AvgIpc) is 2.88. The van der Waals surface area contributed by atoms with E-state index in [1.165, 1.54) is 4.68 Å². The summed E-state index contributed by atoms with van der Waals surface area (Å²) in [5.41, 5.74) is 1.66. The molecule has 0 saturated carbocycles. The Labute approximate surface area is 197 Å². The summed E-state index contributed by atoms with van der Waals surface area (Å²) in [7, 11) is 1.75. The maximum atomic E-state index is 13.6. The van der Waals surface area contributed by atoms with Crippen molar-refractivity contribution in [2.75, 3.05) is 31.6 Å². The van der Waals surface area contributed by atoms with Crippen molar-refractivity contribution in [1.82, 2.24) is 14.7 Å². The van der Waals surface area contributed by atoms with Crippen molar-refractivity contribution in [3.63, 3.8) is 0 Å². The lowest BCUT2D eigenvalue weighted by Gasteiger charge is -2.37. The van der Waals surface area contributed by atoms with Crippen LogP contribution in [-0.4, -0.2) is 53.4 Å². The molecule has 1 aromatic heterocycles. The Kier molecular flexibility index (Phi) is 5.76. The molecule has 4 aromatic rings. The molecule has 0 radical (unpaired) electrons. The molecule has 7 nitrogen and oxygen atoms in total. The minimum atomic E-state index is -0.258. The first kappa shape index (κ1) is 21.7. The average molecular weight is 455 g/mol. The molecule has 7 heteroatoms. The third-order valence-electron chi connectivity index (χ3n) is 6.14. The van der Waals surface area contributed by atoms with Crippen LogP contribution in [0, 0.1) is 0 Å². The summed E-state index contributed by atoms with van der Waals surface area (Å²) >= 11 is 0. The summed E-state index contributed by atoms with van der Waals surface area (Å²) in [6.07, 6.45) is -0.185. The molecule has 1 aliphatic heterocycles. The number of para-hydroxylation sites is 3. The van der Waals surface area contributed by atoms with Gasteiger partial charge in [-0.2, -0.15) is 9.78 Å². The highest BCUT2D eigenvalue weighted by Gasteiger charge is 2.28. The van der Waals surface area contributed by atoms with E-state index in [0.29, 0.717) is 29.5 Å². The standard InChI is InChI=1S/C27H26N4O3/c1-3-30-18-20(34-24-16-10-9-15-23(24)30)17-29(2)27(33)25-21-13-7-8-14-22(21)26(32)31(28-25)19-11-5-4-6-12-19/h4-16,20H,3,17-18H2,1-2H3. The Bertz CT molecular complexity index is 1400. The van der Waals surface area contributed by atoms with Gasteiger partial charge in [0.05, 0.1) is 29.9 Å². The molecule has 1 aliphatic rings. The normalized spacial score (nSPS) is 15.0. The molecule has 0 saturated heterocycles. The van der Waals surface area contributed by atoms with Gasteiger partial charge in [-0.3, -0.25) is 9.59 Å². The van der Waals surface area contributed by atoms with Crippen molar-refractivity contribution < 1.29 is 9.53 Å². The van der Waals surface area contributed by atoms with Gasteiger partial charge in [0.2, 0.25) is 0 Å². The molecule has 3 aromatic carbocycles. The summed E-state index contributed by atoms with van der Waals surface area (Å²) in [5, 5.41) is 5.51. The van der Waals surface area contributed by atoms with Crippen LogP contribution in [0.25, 0.3) is 16.5 Å². The number of ether oxygens (including phenoxy) is 1. The van der Waals surface area contributed by atoms with Gasteiger partial charge in [-0.25, -0.2) is 0 Å². The second kappa shape index (κ2) is 9.02. The number of amides is 1. The molecule has 0 bridgehead atoms. The first-order valence-electron chi connectivity index (χ1n) is 11.4. The summed E-state index contributed by atoms with van der Waals surface area (Å²) in [6.45, 7) is 4.03. The molecule has 172 valence electrons. The van der Waals surface area contributed by atoms with Gasteiger partial charge in [-0.1, -0.05) is 48.5 Å². The minimum Gasteiger partial charge on any atom is -0.485 e. The number of fused-ring (bicyclic) bond motifs is 2. The third-order valence-corrected chi connectivity index (χ3v) is 6.14. The SMILES string of the molecule is CCN1CC(CN(C)C(=O)c2nn(-c3ccccc3)c(=O)c3ccccc23)Oc2ccccc21. The number of carbonyl (C=O) groups excluding carboxylic acids is 1. The van der Waals surface area contributed by atoms with Crippen LogP contribution in [0.2, 0.25) is 0 Å². The van der Waals surface area contributed by atoms with E-state index in [0.717, 1.165) is 18.0 Å². The summed E-state index contributed by atoms with van der Waals surface area (Å²) in [6, 6.07) is 24.2. The van der Waals surface area contributed by atoms with Crippen LogP contribution >= 0.6 is 0 Å². The lowest BCUT2D eigenvalue weighted by molar-refractivity contribution is 0.0704. The van der Waals surface area contributed by atoms with Crippen molar-refractivity contribution in [3.05, 3.63) is 94.9 Å². The van der Waals surface area contributed by atoms with Gasteiger partial charge in [-0.15, -0.1) is 0 Å². The Morgan fingerprint density at radius 1 is 1.00 bits per heavy atom. The minimum absolute atomic E-state index is 0.185. The van der Waals surface area contributed by atoms with Crippen molar-refractivity contribution >= 4 is 22.4 Å². The van der Waals surface area contributed by atoms with Crippen LogP contribution in [0.3, 0.4) is 0 Å². The van der Waals surface area contributed by atoms with Crippen LogP contribution < -0.4 is 15.2 Å². The number of hydrogen-bond acceptors (Lipinski definition) is 5. The molecular formula is C27H26N4O3. The number of likely N-dealkylation sites (N-methyl/N-ethyl adjacent to an activating group) is 2. The zero-order valence-electron chi connectivity index (χ0n) is 19.2. The van der Waals surface area contributed by atoms with Gasteiger partial charge in [0.1, 0.15) is 11.9 Å². The Balaban J connectivity index is 1.48. The van der Waals surface area contributed by atoms with Gasteiger partial charge in [0.25, 0.3) is 11.5 Å². The topological polar surface area (TPSA) is 67.7 Å². The smallest absolute Gasteiger partial charge is 0.279 e. The van der Waals surface area contributed by atoms with Crippen molar-refractivity contribution in [1.29, 1.82) is 0 Å². The highest BCUT2D eigenvalue weighted by atomic mass is 16.5. The van der Waals surface area contributed by atoms with Crippen LogP contribution in [0.4, 0.5) is 5.69 Å². The molecule has 34 heavy (non-hydrogen) atoms. The van der Waals surface area contributed by atoms with Gasteiger partial charge >= 0.3 is 0 Å². The molecule has 1 unspecified atom stereocenters. The van der Waals surface area contributed by atoms with E-state index in [9.17, 15) is 9.59 Å². The van der Waals surface area contributed by atoms with E-state index < -0.39 is 0 Å². The van der Waals surface area contributed by atoms with Crippen molar-refractivity contribution in [3.8, 4) is 11.4 Å². The number of rotatable bonds is 5. The molecule has 1 amide bonds. The maximum absolute atomic E-state index is 13.6. The first-order chi connectivity index (χ1) is 16.6. The third kappa shape index (κ3) is 3.90. The van der Waals surface area contributed by atoms with Gasteiger partial charge < -0.3 is 14.5 Å². The Hall–Kier alpha value is -4.13. The predicted molar refractivity (Wildman–Crippen MR) is 133 cm³/mol. The number of anilines is 1. The van der Waals surface area contributed by atoms with E-state index in [-0.39, 0.29) is 23.3 Å². The zero-order chi connectivity index (χ0) is 23.7. The molecule has 5 rings (SSSR count). The molecule has 0 N–H and O–H groups in total. The van der Waals surface area contributed by atoms with E-state index in [1.807, 2.05) is 48.5 Å². The second-order valence-corrected chi connectivity index (χ2v) is 8.38. The fourth-order valence-corrected chi connectivity index (χ4v) is 4.43. The molecule has 0 fully saturated rings. The molecular weight excluding hydrogens is 428 g/mol. The number of benzene rings is 3. The number of nitrogens with zero attached hydrogens (tertiary/aromatic N) is 4. The van der Waals surface area contributed by atoms with Crippen LogP contribution in [-0.2, 0) is 0 Å². The van der Waals surface area contributed by atoms with Gasteiger partial charge in [-0.05, 0) is 37.3 Å². The quantitative estimate of drug-likeness (QED) is 0.460. The van der Waals surface area contributed by atoms with Crippen LogP contribution in [0.1, 0.15) is 17.4 Å². The molecule has 2 heterocycles. The molecule has 0 aliphatic carbocycles. The predicted octanol–water partition coefficient (Wildman–Crippen LogP) is 3.75. The Morgan fingerprint density at radius 3 is 2.44 bits per heavy atom. The van der Waals surface area contributed by atoms with Gasteiger partial charge in [0, 0.05) is 19.0 Å². The zero-order valence-corrected chi connectivity index (χ0v) is 19.2. The second-order valence-electron chi connectivity index (χ2n) is 8.38. The monoisotopic (exact) mass is 454 g/mol. The number of carbonyl (C=O) groups is 1. The summed E-state index contributed by atoms with van der Waals surface area (Å²) in [5.74, 6) is 0.564. The number of aromatic nitrogens is 2. The Morgan fingerprint density at radius 2 is 1.68 bits per heavy atom. The summed E-state index contributed by atoms with van der Waals surface area (Å²) < 4.78 is 7.51. The van der Waals surface area contributed by atoms with E-state index >= 15 is 0 Å². The first-order valence-corrected chi connectivity index (χ1v) is 11.4. The highest BCUT2D eigenvalue weighted by molar-refractivity contribution is 6.04. The van der Waals surface area contributed by atoms with E-state index in [1.54, 1.807) is 42.3 Å². The fraction of sp³-hybridized carbons (Fsp3) is 0.222. The summed E-state index contributed by atoms with van der Waals surface area (Å²) in [4.78, 5) is 30.6. The van der Waals surface area contributed by atoms with Crippen LogP contribution in [0.15, 0.2) is 83.7 Å². The van der Waals surface area contributed by atoms with E-state index in [4.69, 9.17) is 4.74 Å². The van der Waals surface area contributed by atoms with Crippen LogP contribution in [0.5, 0.6) is 5.75 Å². The van der Waals surface area contributed by atoms with Crippen molar-refractivity contribution in [2.45, 2.75) is 13.0 Å². The fourth-order valence-electron chi connectivity index (χ4n) is 4.43. The van der Waals surface area contributed by atoms with Crippen molar-refractivity contribution in [2.24, 2.45) is 0 Å². The highest BCUT2D eigenvalue weighted by Crippen LogP contribution is 2.33. The van der Waals surface area contributed by atoms with Gasteiger partial charge in [0.15, 0.2) is 5.69 Å². The molecule has 0 spiro atoms. The van der Waals surface area contributed by atoms with E-state index in [2.05, 4.69) is 16.9 Å². The largest absolute Gasteiger partial charge is 0.485 e. The molecule has 1 atom stereocenters. The number of hydrogen-bond donors (Lipinski definition) is 0. The lowest BCUT2D eigenvalue weighted by Crippen LogP contribution is -2.47.